The van der Waals surface area contributed by atoms with E-state index in [4.69, 9.17) is 30.5 Å². The van der Waals surface area contributed by atoms with Crippen molar-refractivity contribution in [1.29, 1.82) is 0 Å². The lowest BCUT2D eigenvalue weighted by Gasteiger charge is -2.44. The Balaban J connectivity index is 0.00000576. The molecule has 0 aromatic carbocycles. The van der Waals surface area contributed by atoms with Crippen molar-refractivity contribution in [1.82, 2.24) is 0 Å². The highest BCUT2D eigenvalue weighted by Crippen LogP contribution is 2.36. The molecule has 1 saturated heterocycles. The predicted octanol–water partition coefficient (Wildman–Crippen LogP) is -0.277. The van der Waals surface area contributed by atoms with Gasteiger partial charge in [-0.1, -0.05) is 0 Å². The molecule has 1 aliphatic rings. The maximum absolute atomic E-state index is 11.1. The van der Waals surface area contributed by atoms with Crippen LogP contribution in [0.3, 0.4) is 0 Å². The van der Waals surface area contributed by atoms with Crippen molar-refractivity contribution in [3.8, 4) is 0 Å². The Morgan fingerprint density at radius 1 is 0.920 bits per heavy atom. The number of hydrogen-bond acceptors (Lipinski definition) is 7. The highest BCUT2D eigenvalue weighted by Gasteiger charge is 2.46. The Bertz CT molecular complexity index is 497. The second kappa shape index (κ2) is 10.2. The van der Waals surface area contributed by atoms with Gasteiger partial charge in [-0.05, 0) is 5.92 Å². The third kappa shape index (κ3) is 7.24. The molecule has 25 heavy (non-hydrogen) atoms. The number of carboxylic acids is 3. The largest absolute Gasteiger partial charge is 0.481 e. The highest BCUT2D eigenvalue weighted by molar-refractivity contribution is 5.85. The van der Waals surface area contributed by atoms with E-state index in [2.05, 4.69) is 0 Å². The summed E-state index contributed by atoms with van der Waals surface area (Å²) in [6.07, 6.45) is -3.28. The smallest absolute Gasteiger partial charge is 0.306 e. The number of nitrogens with two attached hydrogens (primary N) is 1. The van der Waals surface area contributed by atoms with Gasteiger partial charge >= 0.3 is 23.9 Å². The summed E-state index contributed by atoms with van der Waals surface area (Å²) >= 11 is 0. The zero-order valence-electron chi connectivity index (χ0n) is 13.5. The lowest BCUT2D eigenvalue weighted by Crippen LogP contribution is -2.57. The third-order valence-corrected chi connectivity index (χ3v) is 3.95. The normalized spacial score (nSPS) is 28.5. The zero-order chi connectivity index (χ0) is 18.4. The van der Waals surface area contributed by atoms with Gasteiger partial charge in [-0.2, -0.15) is 0 Å². The van der Waals surface area contributed by atoms with Crippen LogP contribution in [0.4, 0.5) is 0 Å². The molecule has 1 fully saturated rings. The lowest BCUT2D eigenvalue weighted by molar-refractivity contribution is -0.177. The fourth-order valence-corrected chi connectivity index (χ4v) is 2.95. The molecular formula is C14H22ClNO9. The van der Waals surface area contributed by atoms with Crippen LogP contribution < -0.4 is 5.73 Å². The van der Waals surface area contributed by atoms with Crippen molar-refractivity contribution in [2.75, 3.05) is 6.61 Å². The maximum atomic E-state index is 11.1. The lowest BCUT2D eigenvalue weighted by atomic mass is 9.74. The van der Waals surface area contributed by atoms with Crippen LogP contribution in [0.2, 0.25) is 0 Å². The molecule has 0 aromatic rings. The molecule has 0 saturated carbocycles. The van der Waals surface area contributed by atoms with Gasteiger partial charge in [0.05, 0.1) is 31.5 Å². The fraction of sp³-hybridized carbons (Fsp3) is 0.714. The number of carboxylic acid groups (broad SMARTS) is 3. The van der Waals surface area contributed by atoms with Crippen LogP contribution in [-0.4, -0.2) is 64.1 Å². The topological polar surface area (TPSA) is 173 Å². The molecule has 11 heteroatoms. The van der Waals surface area contributed by atoms with E-state index in [1.54, 1.807) is 0 Å². The van der Waals surface area contributed by atoms with Crippen LogP contribution in [0.25, 0.3) is 0 Å². The molecule has 0 spiro atoms. The molecule has 0 radical (unpaired) electrons. The molecule has 0 aliphatic carbocycles. The van der Waals surface area contributed by atoms with Gasteiger partial charge in [0.25, 0.3) is 0 Å². The summed E-state index contributed by atoms with van der Waals surface area (Å²) in [5.41, 5.74) is 5.95. The highest BCUT2D eigenvalue weighted by atomic mass is 35.5. The molecule has 0 bridgehead atoms. The Morgan fingerprint density at radius 3 is 1.84 bits per heavy atom. The Hall–Kier alpha value is -1.91. The summed E-state index contributed by atoms with van der Waals surface area (Å²) in [7, 11) is 0. The standard InChI is InChI=1S/C14H21NO9.ClH/c1-6(16)23-5-10-7(2-11(17)18)8(3-12(19)20)14(15)9(24-10)4-13(21)22;/h7-10,14H,2-5,15H2,1H3,(H,17,18)(H,19,20)(H,21,22);1H/t7-,8-,9?,10+,14-;/m0./s1. The van der Waals surface area contributed by atoms with Gasteiger partial charge in [-0.3, -0.25) is 19.2 Å². The minimum atomic E-state index is -1.19. The number of esters is 1. The molecule has 10 nitrogen and oxygen atoms in total. The van der Waals surface area contributed by atoms with E-state index >= 15 is 0 Å². The minimum absolute atomic E-state index is 0. The van der Waals surface area contributed by atoms with Crippen LogP contribution in [0, 0.1) is 11.8 Å². The minimum Gasteiger partial charge on any atom is -0.481 e. The number of halogens is 1. The van der Waals surface area contributed by atoms with E-state index in [0.29, 0.717) is 0 Å². The third-order valence-electron chi connectivity index (χ3n) is 3.95. The van der Waals surface area contributed by atoms with Gasteiger partial charge in [0, 0.05) is 18.9 Å². The van der Waals surface area contributed by atoms with E-state index in [-0.39, 0.29) is 19.0 Å². The van der Waals surface area contributed by atoms with Crippen molar-refractivity contribution in [2.45, 2.75) is 44.4 Å². The number of hydrogen-bond donors (Lipinski definition) is 4. The van der Waals surface area contributed by atoms with Gasteiger partial charge in [0.2, 0.25) is 0 Å². The molecule has 1 aliphatic heterocycles. The molecule has 144 valence electrons. The Labute approximate surface area is 149 Å². The zero-order valence-corrected chi connectivity index (χ0v) is 14.3. The summed E-state index contributed by atoms with van der Waals surface area (Å²) in [5.74, 6) is -5.82. The molecule has 5 atom stereocenters. The van der Waals surface area contributed by atoms with Crippen molar-refractivity contribution < 1.29 is 44.0 Å². The average molecular weight is 384 g/mol. The fourth-order valence-electron chi connectivity index (χ4n) is 2.95. The number of rotatable bonds is 8. The second-order valence-corrected chi connectivity index (χ2v) is 5.71. The molecule has 1 heterocycles. The van der Waals surface area contributed by atoms with E-state index in [0.717, 1.165) is 6.92 Å². The van der Waals surface area contributed by atoms with Crippen LogP contribution in [0.5, 0.6) is 0 Å². The second-order valence-electron chi connectivity index (χ2n) is 5.71. The monoisotopic (exact) mass is 383 g/mol. The van der Waals surface area contributed by atoms with E-state index in [1.165, 1.54) is 0 Å². The first-order valence-corrected chi connectivity index (χ1v) is 7.31. The number of aliphatic carboxylic acids is 3. The molecular weight excluding hydrogens is 362 g/mol. The van der Waals surface area contributed by atoms with E-state index in [9.17, 15) is 19.2 Å². The van der Waals surface area contributed by atoms with Gasteiger partial charge in [-0.15, -0.1) is 12.4 Å². The van der Waals surface area contributed by atoms with Gasteiger partial charge in [0.15, 0.2) is 0 Å². The first kappa shape index (κ1) is 23.1. The summed E-state index contributed by atoms with van der Waals surface area (Å²) in [4.78, 5) is 44.1. The Kier molecular flexibility index (Phi) is 9.39. The number of carbonyl (C=O) groups excluding carboxylic acids is 1. The Morgan fingerprint density at radius 2 is 1.40 bits per heavy atom. The number of carbonyl (C=O) groups is 4. The van der Waals surface area contributed by atoms with Crippen LogP contribution in [0.15, 0.2) is 0 Å². The molecule has 0 amide bonds. The van der Waals surface area contributed by atoms with Gasteiger partial charge in [-0.25, -0.2) is 0 Å². The summed E-state index contributed by atoms with van der Waals surface area (Å²) in [5, 5.41) is 27.1. The van der Waals surface area contributed by atoms with Crippen molar-refractivity contribution in [3.05, 3.63) is 0 Å². The molecule has 1 rings (SSSR count). The number of ether oxygens (including phenoxy) is 2. The van der Waals surface area contributed by atoms with Gasteiger partial charge < -0.3 is 30.5 Å². The molecule has 0 aromatic heterocycles. The first-order valence-electron chi connectivity index (χ1n) is 7.31. The first-order chi connectivity index (χ1) is 11.1. The van der Waals surface area contributed by atoms with Crippen LogP contribution >= 0.6 is 12.4 Å². The van der Waals surface area contributed by atoms with Crippen LogP contribution in [-0.2, 0) is 28.7 Å². The van der Waals surface area contributed by atoms with E-state index < -0.39 is 73.2 Å². The molecule has 5 N–H and O–H groups in total. The maximum Gasteiger partial charge on any atom is 0.306 e. The summed E-state index contributed by atoms with van der Waals surface area (Å²) in [6.45, 7) is 0.858. The van der Waals surface area contributed by atoms with Gasteiger partial charge in [0.1, 0.15) is 6.61 Å². The van der Waals surface area contributed by atoms with Crippen molar-refractivity contribution in [2.24, 2.45) is 17.6 Å². The van der Waals surface area contributed by atoms with E-state index in [1.807, 2.05) is 0 Å². The van der Waals surface area contributed by atoms with Crippen molar-refractivity contribution >= 4 is 36.3 Å². The molecule has 1 unspecified atom stereocenters. The SMILES string of the molecule is CC(=O)OC[C@H]1OC(CC(=O)O)[C@@H](N)[C@@H](CC(=O)O)[C@@H]1CC(=O)O.Cl. The van der Waals surface area contributed by atoms with Crippen molar-refractivity contribution in [3.63, 3.8) is 0 Å². The van der Waals surface area contributed by atoms with Crippen LogP contribution in [0.1, 0.15) is 26.2 Å². The quantitative estimate of drug-likeness (QED) is 0.408. The predicted molar refractivity (Wildman–Crippen MR) is 84.3 cm³/mol. The summed E-state index contributed by atoms with van der Waals surface area (Å²) < 4.78 is 10.4. The summed E-state index contributed by atoms with van der Waals surface area (Å²) in [6, 6.07) is -0.963. The average Bonchev–Trinajstić information content (AvgIpc) is 2.42.